The van der Waals surface area contributed by atoms with Crippen LogP contribution in [0.5, 0.6) is 0 Å². The van der Waals surface area contributed by atoms with Crippen molar-refractivity contribution >= 4 is 17.6 Å². The highest BCUT2D eigenvalue weighted by Crippen LogP contribution is 2.12. The van der Waals surface area contributed by atoms with E-state index >= 15 is 0 Å². The van der Waals surface area contributed by atoms with E-state index in [1.54, 1.807) is 0 Å². The van der Waals surface area contributed by atoms with Crippen molar-refractivity contribution in [3.63, 3.8) is 0 Å². The largest absolute Gasteiger partial charge is 0.370 e. The van der Waals surface area contributed by atoms with Gasteiger partial charge in [-0.05, 0) is 0 Å². The first-order chi connectivity index (χ1) is 6.50. The molecule has 5 N–H and O–H groups in total. The molecule has 1 amide bonds. The first kappa shape index (κ1) is 9.71. The van der Waals surface area contributed by atoms with E-state index in [4.69, 9.17) is 11.5 Å². The van der Waals surface area contributed by atoms with Gasteiger partial charge in [-0.3, -0.25) is 14.9 Å². The molecule has 0 unspecified atom stereocenters. The van der Waals surface area contributed by atoms with E-state index in [0.29, 0.717) is 0 Å². The van der Waals surface area contributed by atoms with Crippen LogP contribution in [-0.2, 0) is 0 Å². The second kappa shape index (κ2) is 3.56. The summed E-state index contributed by atoms with van der Waals surface area (Å²) < 4.78 is 0. The average Bonchev–Trinajstić information content (AvgIpc) is 2.50. The summed E-state index contributed by atoms with van der Waals surface area (Å²) in [6.07, 6.45) is 1.08. The molecule has 74 valence electrons. The third-order valence-corrected chi connectivity index (χ3v) is 1.34. The lowest BCUT2D eigenvalue weighted by Crippen LogP contribution is -2.24. The van der Waals surface area contributed by atoms with Crippen molar-refractivity contribution < 1.29 is 9.72 Å². The van der Waals surface area contributed by atoms with Crippen molar-refractivity contribution in [1.29, 1.82) is 0 Å². The quantitative estimate of drug-likeness (QED) is 0.249. The van der Waals surface area contributed by atoms with Gasteiger partial charge in [0.15, 0.2) is 5.96 Å². The number of carbonyl (C=O) groups is 1. The molecule has 8 nitrogen and oxygen atoms in total. The van der Waals surface area contributed by atoms with E-state index in [9.17, 15) is 14.9 Å². The molecule has 14 heavy (non-hydrogen) atoms. The molecule has 1 heterocycles. The van der Waals surface area contributed by atoms with Gasteiger partial charge in [-0.1, -0.05) is 0 Å². The molecule has 0 bridgehead atoms. The second-order valence-corrected chi connectivity index (χ2v) is 2.37. The van der Waals surface area contributed by atoms with Crippen molar-refractivity contribution in [3.8, 4) is 0 Å². The summed E-state index contributed by atoms with van der Waals surface area (Å²) in [5.41, 5.74) is 9.65. The fourth-order valence-electron chi connectivity index (χ4n) is 0.789. The number of aliphatic imine (C=N–C) groups is 1. The van der Waals surface area contributed by atoms with Crippen LogP contribution in [0.4, 0.5) is 5.69 Å². The topological polar surface area (TPSA) is 140 Å². The zero-order valence-corrected chi connectivity index (χ0v) is 6.93. The molecule has 1 rings (SSSR count). The Labute approximate surface area is 77.8 Å². The van der Waals surface area contributed by atoms with Crippen LogP contribution in [0.25, 0.3) is 0 Å². The van der Waals surface area contributed by atoms with Gasteiger partial charge < -0.3 is 16.5 Å². The number of nitro groups is 1. The number of aromatic nitrogens is 1. The van der Waals surface area contributed by atoms with Crippen LogP contribution in [0, 0.1) is 10.1 Å². The number of guanidine groups is 1. The summed E-state index contributed by atoms with van der Waals surface area (Å²) in [5.74, 6) is -1.15. The molecular weight excluding hydrogens is 190 g/mol. The Hall–Kier alpha value is -2.38. The van der Waals surface area contributed by atoms with Crippen molar-refractivity contribution in [1.82, 2.24) is 4.98 Å². The van der Waals surface area contributed by atoms with E-state index in [2.05, 4.69) is 9.98 Å². The first-order valence-corrected chi connectivity index (χ1v) is 3.47. The summed E-state index contributed by atoms with van der Waals surface area (Å²) in [6.45, 7) is 0. The number of aromatic amines is 1. The van der Waals surface area contributed by atoms with Crippen molar-refractivity contribution in [2.75, 3.05) is 0 Å². The number of carbonyl (C=O) groups excluding carboxylic acids is 1. The first-order valence-electron chi connectivity index (χ1n) is 3.47. The Kier molecular flexibility index (Phi) is 2.47. The van der Waals surface area contributed by atoms with E-state index < -0.39 is 16.8 Å². The van der Waals surface area contributed by atoms with E-state index in [0.717, 1.165) is 12.3 Å². The maximum Gasteiger partial charge on any atom is 0.296 e. The lowest BCUT2D eigenvalue weighted by molar-refractivity contribution is -0.384. The maximum absolute atomic E-state index is 11.1. The van der Waals surface area contributed by atoms with Crippen LogP contribution < -0.4 is 11.5 Å². The molecule has 0 atom stereocenters. The van der Waals surface area contributed by atoms with Gasteiger partial charge in [-0.15, -0.1) is 0 Å². The highest BCUT2D eigenvalue weighted by molar-refractivity contribution is 6.01. The Morgan fingerprint density at radius 1 is 1.57 bits per heavy atom. The second-order valence-electron chi connectivity index (χ2n) is 2.37. The van der Waals surface area contributed by atoms with Crippen molar-refractivity contribution in [3.05, 3.63) is 28.1 Å². The minimum Gasteiger partial charge on any atom is -0.370 e. The Balaban J connectivity index is 2.93. The number of hydrogen-bond acceptors (Lipinski definition) is 3. The highest BCUT2D eigenvalue weighted by atomic mass is 16.6. The van der Waals surface area contributed by atoms with Crippen molar-refractivity contribution in [2.24, 2.45) is 16.5 Å². The predicted octanol–water partition coefficient (Wildman–Crippen LogP) is -0.663. The standard InChI is InChI=1S/C6H7N5O3/c7-6(8)10-5(12)4-1-3(2-9-4)11(13)14/h1-2,9H,(H4,7,8,10,12). The summed E-state index contributed by atoms with van der Waals surface area (Å²) in [7, 11) is 0. The van der Waals surface area contributed by atoms with Gasteiger partial charge in [0.1, 0.15) is 5.69 Å². The molecule has 0 aromatic carbocycles. The number of nitrogens with zero attached hydrogens (tertiary/aromatic N) is 2. The number of H-pyrrole nitrogens is 1. The number of nitrogens with one attached hydrogen (secondary N) is 1. The fourth-order valence-corrected chi connectivity index (χ4v) is 0.789. The highest BCUT2D eigenvalue weighted by Gasteiger charge is 2.13. The van der Waals surface area contributed by atoms with E-state index in [1.165, 1.54) is 0 Å². The van der Waals surface area contributed by atoms with Crippen LogP contribution in [0.3, 0.4) is 0 Å². The number of rotatable bonds is 2. The minimum absolute atomic E-state index is 0.0369. The molecule has 0 radical (unpaired) electrons. The molecule has 1 aromatic rings. The summed E-state index contributed by atoms with van der Waals surface area (Å²) >= 11 is 0. The molecule has 0 saturated carbocycles. The smallest absolute Gasteiger partial charge is 0.296 e. The summed E-state index contributed by atoms with van der Waals surface area (Å²) in [5, 5.41) is 10.2. The molecule has 0 aliphatic carbocycles. The number of hydrogen-bond donors (Lipinski definition) is 3. The average molecular weight is 197 g/mol. The molecule has 0 spiro atoms. The van der Waals surface area contributed by atoms with Gasteiger partial charge in [0, 0.05) is 6.07 Å². The van der Waals surface area contributed by atoms with Crippen LogP contribution in [0.1, 0.15) is 10.5 Å². The Bertz CT molecular complexity index is 403. The zero-order valence-electron chi connectivity index (χ0n) is 6.93. The normalized spacial score (nSPS) is 9.43. The third-order valence-electron chi connectivity index (χ3n) is 1.34. The van der Waals surface area contributed by atoms with Gasteiger partial charge in [-0.25, -0.2) is 0 Å². The maximum atomic E-state index is 11.1. The van der Waals surface area contributed by atoms with E-state index in [-0.39, 0.29) is 11.4 Å². The van der Waals surface area contributed by atoms with Gasteiger partial charge in [-0.2, -0.15) is 4.99 Å². The fraction of sp³-hybridized carbons (Fsp3) is 0. The van der Waals surface area contributed by atoms with Gasteiger partial charge in [0.2, 0.25) is 0 Å². The van der Waals surface area contributed by atoms with Crippen molar-refractivity contribution in [2.45, 2.75) is 0 Å². The Morgan fingerprint density at radius 3 is 2.64 bits per heavy atom. The molecular formula is C6H7N5O3. The summed E-state index contributed by atoms with van der Waals surface area (Å²) in [4.78, 5) is 26.3. The Morgan fingerprint density at radius 2 is 2.21 bits per heavy atom. The third kappa shape index (κ3) is 2.06. The SMILES string of the molecule is NC(N)=NC(=O)c1cc([N+](=O)[O-])c[nH]1. The molecule has 0 fully saturated rings. The van der Waals surface area contributed by atoms with Gasteiger partial charge >= 0.3 is 0 Å². The lowest BCUT2D eigenvalue weighted by atomic mass is 10.4. The van der Waals surface area contributed by atoms with Gasteiger partial charge in [0.25, 0.3) is 11.6 Å². The summed E-state index contributed by atoms with van der Waals surface area (Å²) in [6, 6.07) is 1.05. The zero-order chi connectivity index (χ0) is 10.7. The monoisotopic (exact) mass is 197 g/mol. The van der Waals surface area contributed by atoms with Crippen LogP contribution in [-0.4, -0.2) is 21.8 Å². The van der Waals surface area contributed by atoms with Crippen LogP contribution in [0.15, 0.2) is 17.3 Å². The molecule has 8 heteroatoms. The molecule has 0 aliphatic heterocycles. The molecule has 0 saturated heterocycles. The molecule has 1 aromatic heterocycles. The van der Waals surface area contributed by atoms with Gasteiger partial charge in [0.05, 0.1) is 11.1 Å². The van der Waals surface area contributed by atoms with Crippen LogP contribution in [0.2, 0.25) is 0 Å². The van der Waals surface area contributed by atoms with Crippen LogP contribution >= 0.6 is 0 Å². The molecule has 0 aliphatic rings. The lowest BCUT2D eigenvalue weighted by Gasteiger charge is -1.89. The minimum atomic E-state index is -0.752. The number of nitrogens with two attached hydrogens (primary N) is 2. The number of amides is 1. The van der Waals surface area contributed by atoms with E-state index in [1.807, 2.05) is 0 Å². The predicted molar refractivity (Wildman–Crippen MR) is 47.6 cm³/mol.